The van der Waals surface area contributed by atoms with Crippen molar-refractivity contribution in [2.75, 3.05) is 3.71 Å². The topological polar surface area (TPSA) is 115 Å². The van der Waals surface area contributed by atoms with E-state index in [0.29, 0.717) is 14.5 Å². The number of sulfonamides is 2. The number of nitrogens with zero attached hydrogens (tertiary/aromatic N) is 2. The standard InChI is InChI=1S/C17H12N2O6S2/c1-11-8-9-13(18(20)21)10-16(11)27(24,25)19-14-6-2-4-12-5-3-7-15(17(12)14)26(19,22)23/h2-10H,1H3. The molecule has 0 bridgehead atoms. The van der Waals surface area contributed by atoms with Crippen LogP contribution in [-0.4, -0.2) is 21.8 Å². The largest absolute Gasteiger partial charge is 0.278 e. The van der Waals surface area contributed by atoms with Crippen molar-refractivity contribution in [2.45, 2.75) is 16.7 Å². The maximum absolute atomic E-state index is 13.3. The van der Waals surface area contributed by atoms with Crippen molar-refractivity contribution in [1.82, 2.24) is 0 Å². The van der Waals surface area contributed by atoms with E-state index in [0.717, 1.165) is 6.07 Å². The highest BCUT2D eigenvalue weighted by molar-refractivity contribution is 8.10. The SMILES string of the molecule is Cc1ccc([N+](=O)[O-])cc1S(=O)(=O)N1c2cccc3cccc(c23)S1(=O)=O. The Kier molecular flexibility index (Phi) is 3.56. The molecule has 0 spiro atoms. The molecule has 0 saturated carbocycles. The van der Waals surface area contributed by atoms with Gasteiger partial charge in [-0.1, -0.05) is 30.3 Å². The lowest BCUT2D eigenvalue weighted by molar-refractivity contribution is -0.385. The molecule has 10 heteroatoms. The number of non-ortho nitro benzene ring substituents is 1. The zero-order valence-electron chi connectivity index (χ0n) is 13.9. The summed E-state index contributed by atoms with van der Waals surface area (Å²) in [6.45, 7) is 1.45. The van der Waals surface area contributed by atoms with Gasteiger partial charge in [-0.05, 0) is 30.0 Å². The van der Waals surface area contributed by atoms with Gasteiger partial charge in [0.25, 0.3) is 25.7 Å². The van der Waals surface area contributed by atoms with Crippen LogP contribution in [0.1, 0.15) is 5.56 Å². The van der Waals surface area contributed by atoms with Gasteiger partial charge < -0.3 is 0 Å². The Labute approximate surface area is 154 Å². The first-order valence-corrected chi connectivity index (χ1v) is 10.6. The van der Waals surface area contributed by atoms with Gasteiger partial charge in [0.1, 0.15) is 0 Å². The van der Waals surface area contributed by atoms with Gasteiger partial charge in [-0.2, -0.15) is 20.5 Å². The monoisotopic (exact) mass is 404 g/mol. The number of hydrogen-bond acceptors (Lipinski definition) is 6. The average Bonchev–Trinajstić information content (AvgIpc) is 2.84. The molecule has 0 fully saturated rings. The highest BCUT2D eigenvalue weighted by Gasteiger charge is 2.44. The molecule has 27 heavy (non-hydrogen) atoms. The molecule has 0 aromatic heterocycles. The third-order valence-corrected chi connectivity index (χ3v) is 8.75. The Bertz CT molecular complexity index is 1340. The summed E-state index contributed by atoms with van der Waals surface area (Å²) in [4.78, 5) is 9.79. The smallest absolute Gasteiger partial charge is 0.258 e. The molecule has 0 amide bonds. The predicted octanol–water partition coefficient (Wildman–Crippen LogP) is 2.95. The summed E-state index contributed by atoms with van der Waals surface area (Å²) < 4.78 is 53.0. The van der Waals surface area contributed by atoms with Crippen LogP contribution in [0.4, 0.5) is 11.4 Å². The summed E-state index contributed by atoms with van der Waals surface area (Å²) in [6, 6.07) is 12.5. The Morgan fingerprint density at radius 3 is 2.37 bits per heavy atom. The molecule has 1 aliphatic rings. The first-order valence-electron chi connectivity index (χ1n) is 7.73. The van der Waals surface area contributed by atoms with E-state index < -0.39 is 35.6 Å². The zero-order chi connectivity index (χ0) is 19.6. The van der Waals surface area contributed by atoms with E-state index in [4.69, 9.17) is 0 Å². The van der Waals surface area contributed by atoms with Gasteiger partial charge in [-0.3, -0.25) is 10.1 Å². The van der Waals surface area contributed by atoms with Crippen LogP contribution in [-0.2, 0) is 20.0 Å². The second kappa shape index (κ2) is 5.51. The lowest BCUT2D eigenvalue weighted by Gasteiger charge is -2.19. The third kappa shape index (κ3) is 2.33. The van der Waals surface area contributed by atoms with Gasteiger partial charge in [0.2, 0.25) is 0 Å². The van der Waals surface area contributed by atoms with E-state index in [1.54, 1.807) is 18.2 Å². The molecule has 3 aromatic carbocycles. The number of benzene rings is 3. The molecule has 0 saturated heterocycles. The highest BCUT2D eigenvalue weighted by Crippen LogP contribution is 2.45. The molecule has 1 heterocycles. The molecule has 1 aliphatic heterocycles. The number of anilines is 1. The van der Waals surface area contributed by atoms with Crippen LogP contribution >= 0.6 is 0 Å². The lowest BCUT2D eigenvalue weighted by atomic mass is 10.1. The van der Waals surface area contributed by atoms with Gasteiger partial charge in [0, 0.05) is 17.5 Å². The van der Waals surface area contributed by atoms with Crippen molar-refractivity contribution in [3.05, 3.63) is 70.3 Å². The number of rotatable bonds is 3. The van der Waals surface area contributed by atoms with E-state index in [1.807, 2.05) is 0 Å². The van der Waals surface area contributed by atoms with E-state index in [1.165, 1.54) is 37.3 Å². The predicted molar refractivity (Wildman–Crippen MR) is 98.6 cm³/mol. The maximum atomic E-state index is 13.3. The molecular weight excluding hydrogens is 392 g/mol. The molecule has 4 rings (SSSR count). The number of aryl methyl sites for hydroxylation is 1. The number of hydrogen-bond donors (Lipinski definition) is 0. The first-order chi connectivity index (χ1) is 12.7. The van der Waals surface area contributed by atoms with Crippen LogP contribution in [0.5, 0.6) is 0 Å². The summed E-state index contributed by atoms with van der Waals surface area (Å²) in [5.41, 5.74) is -0.223. The van der Waals surface area contributed by atoms with Crippen molar-refractivity contribution in [3.8, 4) is 0 Å². The van der Waals surface area contributed by atoms with Crippen LogP contribution < -0.4 is 3.71 Å². The van der Waals surface area contributed by atoms with Crippen molar-refractivity contribution in [1.29, 1.82) is 0 Å². The minimum absolute atomic E-state index is 0.00834. The van der Waals surface area contributed by atoms with Crippen LogP contribution in [0, 0.1) is 17.0 Å². The molecule has 3 aromatic rings. The maximum Gasteiger partial charge on any atom is 0.278 e. The van der Waals surface area contributed by atoms with Crippen molar-refractivity contribution in [2.24, 2.45) is 0 Å². The number of nitro groups is 1. The van der Waals surface area contributed by atoms with E-state index >= 15 is 0 Å². The Balaban J connectivity index is 2.04. The molecule has 138 valence electrons. The Hall–Kier alpha value is -2.98. The minimum Gasteiger partial charge on any atom is -0.258 e. The van der Waals surface area contributed by atoms with Gasteiger partial charge in [0.05, 0.1) is 20.4 Å². The quantitative estimate of drug-likeness (QED) is 0.490. The summed E-state index contributed by atoms with van der Waals surface area (Å²) in [6.07, 6.45) is 0. The number of nitro benzene ring substituents is 1. The zero-order valence-corrected chi connectivity index (χ0v) is 15.5. The van der Waals surface area contributed by atoms with Crippen LogP contribution in [0.2, 0.25) is 0 Å². The average molecular weight is 404 g/mol. The summed E-state index contributed by atoms with van der Waals surface area (Å²) in [5, 5.41) is 11.9. The normalized spacial score (nSPS) is 15.2. The second-order valence-corrected chi connectivity index (χ2v) is 9.79. The van der Waals surface area contributed by atoms with Gasteiger partial charge in [0.15, 0.2) is 0 Å². The fourth-order valence-electron chi connectivity index (χ4n) is 3.20. The fourth-order valence-corrected chi connectivity index (χ4v) is 7.37. The van der Waals surface area contributed by atoms with Crippen LogP contribution in [0.15, 0.2) is 64.4 Å². The summed E-state index contributed by atoms with van der Waals surface area (Å²) >= 11 is 0. The fraction of sp³-hybridized carbons (Fsp3) is 0.0588. The van der Waals surface area contributed by atoms with Gasteiger partial charge >= 0.3 is 0 Å². The molecule has 0 aliphatic carbocycles. The van der Waals surface area contributed by atoms with Gasteiger partial charge in [-0.15, -0.1) is 0 Å². The van der Waals surface area contributed by atoms with Gasteiger partial charge in [-0.25, -0.2) is 0 Å². The third-order valence-electron chi connectivity index (χ3n) is 4.42. The second-order valence-electron chi connectivity index (χ2n) is 6.05. The summed E-state index contributed by atoms with van der Waals surface area (Å²) in [7, 11) is -8.98. The van der Waals surface area contributed by atoms with Crippen LogP contribution in [0.25, 0.3) is 10.8 Å². The van der Waals surface area contributed by atoms with Crippen molar-refractivity contribution in [3.63, 3.8) is 0 Å². The molecule has 0 unspecified atom stereocenters. The Morgan fingerprint density at radius 1 is 1.04 bits per heavy atom. The highest BCUT2D eigenvalue weighted by atomic mass is 32.3. The summed E-state index contributed by atoms with van der Waals surface area (Å²) in [5.74, 6) is 0. The minimum atomic E-state index is -4.61. The molecule has 8 nitrogen and oxygen atoms in total. The molecule has 0 atom stereocenters. The molecular formula is C17H12N2O6S2. The Morgan fingerprint density at radius 2 is 1.70 bits per heavy atom. The lowest BCUT2D eigenvalue weighted by Crippen LogP contribution is -2.34. The van der Waals surface area contributed by atoms with Crippen molar-refractivity contribution < 1.29 is 21.8 Å². The molecule has 0 N–H and O–H groups in total. The first kappa shape index (κ1) is 17.4. The van der Waals surface area contributed by atoms with E-state index in [2.05, 4.69) is 0 Å². The van der Waals surface area contributed by atoms with E-state index in [9.17, 15) is 26.9 Å². The van der Waals surface area contributed by atoms with E-state index in [-0.39, 0.29) is 16.1 Å². The van der Waals surface area contributed by atoms with Crippen molar-refractivity contribution >= 4 is 42.2 Å². The van der Waals surface area contributed by atoms with Crippen LogP contribution in [0.3, 0.4) is 0 Å². The molecule has 0 radical (unpaired) electrons.